The molecule has 4 heteroatoms. The molecule has 0 atom stereocenters. The summed E-state index contributed by atoms with van der Waals surface area (Å²) in [6, 6.07) is 0. The number of imidazole rings is 1. The number of nitrogens with one attached hydrogen (secondary N) is 1. The molecular weight excluding hydrogens is 214 g/mol. The molecule has 0 unspecified atom stereocenters. The van der Waals surface area contributed by atoms with E-state index >= 15 is 0 Å². The van der Waals surface area contributed by atoms with Gasteiger partial charge in [-0.25, -0.2) is 4.98 Å². The normalized spacial score (nSPS) is 11.5. The van der Waals surface area contributed by atoms with E-state index in [2.05, 4.69) is 30.7 Å². The Balaban J connectivity index is 2.64. The minimum atomic E-state index is -0.187. The zero-order valence-corrected chi connectivity index (χ0v) is 11.3. The molecule has 0 radical (unpaired) electrons. The minimum absolute atomic E-state index is 0.187. The fourth-order valence-corrected chi connectivity index (χ4v) is 1.70. The average molecular weight is 237 g/mol. The van der Waals surface area contributed by atoms with Gasteiger partial charge in [-0.1, -0.05) is 6.08 Å². The van der Waals surface area contributed by atoms with Gasteiger partial charge in [-0.2, -0.15) is 0 Å². The Kier molecular flexibility index (Phi) is 4.75. The highest BCUT2D eigenvalue weighted by Gasteiger charge is 2.18. The largest absolute Gasteiger partial charge is 0.374 e. The van der Waals surface area contributed by atoms with Gasteiger partial charge >= 0.3 is 0 Å². The van der Waals surface area contributed by atoms with Gasteiger partial charge in [-0.05, 0) is 27.7 Å². The van der Waals surface area contributed by atoms with Crippen molar-refractivity contribution in [3.8, 4) is 0 Å². The summed E-state index contributed by atoms with van der Waals surface area (Å²) in [4.78, 5) is 4.44. The lowest BCUT2D eigenvalue weighted by Crippen LogP contribution is -2.34. The van der Waals surface area contributed by atoms with Crippen molar-refractivity contribution in [2.24, 2.45) is 0 Å². The smallest absolute Gasteiger partial charge is 0.203 e. The summed E-state index contributed by atoms with van der Waals surface area (Å²) in [6.07, 6.45) is 3.87. The summed E-state index contributed by atoms with van der Waals surface area (Å²) in [5.74, 6) is 0.871. The van der Waals surface area contributed by atoms with Crippen molar-refractivity contribution < 1.29 is 4.74 Å². The maximum absolute atomic E-state index is 5.64. The molecule has 4 nitrogen and oxygen atoms in total. The van der Waals surface area contributed by atoms with Crippen molar-refractivity contribution in [2.45, 2.75) is 39.8 Å². The maximum Gasteiger partial charge on any atom is 0.203 e. The van der Waals surface area contributed by atoms with Crippen molar-refractivity contribution in [1.29, 1.82) is 0 Å². The number of aromatic nitrogens is 2. The maximum atomic E-state index is 5.64. The third-order valence-corrected chi connectivity index (χ3v) is 2.43. The molecule has 96 valence electrons. The van der Waals surface area contributed by atoms with Gasteiger partial charge in [0.1, 0.15) is 0 Å². The first-order valence-corrected chi connectivity index (χ1v) is 6.01. The number of ether oxygens (including phenoxy) is 1. The van der Waals surface area contributed by atoms with E-state index in [9.17, 15) is 0 Å². The van der Waals surface area contributed by atoms with Crippen molar-refractivity contribution in [1.82, 2.24) is 9.55 Å². The van der Waals surface area contributed by atoms with Gasteiger partial charge in [0.05, 0.1) is 11.3 Å². The molecule has 0 fully saturated rings. The zero-order valence-electron chi connectivity index (χ0n) is 11.3. The van der Waals surface area contributed by atoms with Crippen molar-refractivity contribution >= 4 is 5.95 Å². The van der Waals surface area contributed by atoms with Crippen LogP contribution in [0.4, 0.5) is 5.95 Å². The first-order chi connectivity index (χ1) is 7.98. The Hall–Kier alpha value is -1.29. The lowest BCUT2D eigenvalue weighted by atomic mass is 10.1. The third-order valence-electron chi connectivity index (χ3n) is 2.43. The topological polar surface area (TPSA) is 39.1 Å². The fourth-order valence-electron chi connectivity index (χ4n) is 1.70. The molecule has 1 rings (SSSR count). The molecule has 0 aliphatic carbocycles. The van der Waals surface area contributed by atoms with Crippen LogP contribution in [0.2, 0.25) is 0 Å². The number of hydrogen-bond acceptors (Lipinski definition) is 3. The lowest BCUT2D eigenvalue weighted by molar-refractivity contribution is 0.000547. The number of nitrogens with zero attached hydrogens (tertiary/aromatic N) is 2. The van der Waals surface area contributed by atoms with E-state index in [0.29, 0.717) is 0 Å². The van der Waals surface area contributed by atoms with Gasteiger partial charge in [-0.3, -0.25) is 0 Å². The number of allylic oxidation sites excluding steroid dienone is 1. The first kappa shape index (κ1) is 13.8. The molecule has 1 N–H and O–H groups in total. The summed E-state index contributed by atoms with van der Waals surface area (Å²) in [7, 11) is 0. The van der Waals surface area contributed by atoms with Crippen LogP contribution in [0.3, 0.4) is 0 Å². The van der Waals surface area contributed by atoms with E-state index in [4.69, 9.17) is 4.74 Å². The summed E-state index contributed by atoms with van der Waals surface area (Å²) >= 11 is 0. The van der Waals surface area contributed by atoms with Gasteiger partial charge in [0.15, 0.2) is 0 Å². The molecular formula is C13H23N3O. The SMILES string of the molecule is C=CCn1cc(C)nc1NCC(C)(C)OCC. The van der Waals surface area contributed by atoms with Gasteiger partial charge in [0.25, 0.3) is 0 Å². The van der Waals surface area contributed by atoms with Crippen LogP contribution in [0.1, 0.15) is 26.5 Å². The monoisotopic (exact) mass is 237 g/mol. The van der Waals surface area contributed by atoms with E-state index in [-0.39, 0.29) is 5.60 Å². The molecule has 0 spiro atoms. The number of aryl methyl sites for hydroxylation is 1. The zero-order chi connectivity index (χ0) is 12.9. The summed E-state index contributed by atoms with van der Waals surface area (Å²) in [6.45, 7) is 14.1. The average Bonchev–Trinajstić information content (AvgIpc) is 2.57. The van der Waals surface area contributed by atoms with Crippen LogP contribution in [-0.2, 0) is 11.3 Å². The highest BCUT2D eigenvalue weighted by molar-refractivity contribution is 5.29. The summed E-state index contributed by atoms with van der Waals surface area (Å²) < 4.78 is 7.68. The molecule has 0 aliphatic rings. The highest BCUT2D eigenvalue weighted by atomic mass is 16.5. The predicted molar refractivity (Wildman–Crippen MR) is 71.4 cm³/mol. The van der Waals surface area contributed by atoms with Crippen LogP contribution in [0.5, 0.6) is 0 Å². The van der Waals surface area contributed by atoms with Crippen LogP contribution in [0.15, 0.2) is 18.9 Å². The van der Waals surface area contributed by atoms with Gasteiger partial charge < -0.3 is 14.6 Å². The van der Waals surface area contributed by atoms with E-state index in [1.54, 1.807) is 0 Å². The summed E-state index contributed by atoms with van der Waals surface area (Å²) in [5, 5.41) is 3.32. The minimum Gasteiger partial charge on any atom is -0.374 e. The number of anilines is 1. The van der Waals surface area contributed by atoms with Gasteiger partial charge in [0, 0.05) is 25.9 Å². The fraction of sp³-hybridized carbons (Fsp3) is 0.615. The Bertz CT molecular complexity index is 369. The molecule has 17 heavy (non-hydrogen) atoms. The standard InChI is InChI=1S/C13H23N3O/c1-6-8-16-9-11(3)15-12(16)14-10-13(4,5)17-7-2/h6,9H,1,7-8,10H2,2-5H3,(H,14,15). The van der Waals surface area contributed by atoms with Crippen LogP contribution in [0, 0.1) is 6.92 Å². The number of hydrogen-bond donors (Lipinski definition) is 1. The second-order valence-corrected chi connectivity index (χ2v) is 4.69. The Morgan fingerprint density at radius 1 is 1.59 bits per heavy atom. The molecule has 0 amide bonds. The van der Waals surface area contributed by atoms with Crippen LogP contribution in [-0.4, -0.2) is 28.3 Å². The lowest BCUT2D eigenvalue weighted by Gasteiger charge is -2.25. The van der Waals surface area contributed by atoms with Crippen LogP contribution < -0.4 is 5.32 Å². The van der Waals surface area contributed by atoms with Crippen LogP contribution >= 0.6 is 0 Å². The molecule has 0 bridgehead atoms. The molecule has 1 aromatic heterocycles. The Labute approximate surface area is 104 Å². The van der Waals surface area contributed by atoms with Crippen LogP contribution in [0.25, 0.3) is 0 Å². The highest BCUT2D eigenvalue weighted by Crippen LogP contribution is 2.13. The molecule has 0 saturated carbocycles. The van der Waals surface area contributed by atoms with E-state index in [1.807, 2.05) is 30.7 Å². The van der Waals surface area contributed by atoms with Gasteiger partial charge in [-0.15, -0.1) is 6.58 Å². The van der Waals surface area contributed by atoms with E-state index < -0.39 is 0 Å². The Morgan fingerprint density at radius 3 is 2.88 bits per heavy atom. The summed E-state index contributed by atoms with van der Waals surface area (Å²) in [5.41, 5.74) is 0.816. The van der Waals surface area contributed by atoms with Crippen molar-refractivity contribution in [3.63, 3.8) is 0 Å². The van der Waals surface area contributed by atoms with Crippen molar-refractivity contribution in [3.05, 3.63) is 24.5 Å². The molecule has 1 aromatic rings. The van der Waals surface area contributed by atoms with E-state index in [0.717, 1.165) is 31.3 Å². The Morgan fingerprint density at radius 2 is 2.29 bits per heavy atom. The van der Waals surface area contributed by atoms with Crippen molar-refractivity contribution in [2.75, 3.05) is 18.5 Å². The second-order valence-electron chi connectivity index (χ2n) is 4.69. The third kappa shape index (κ3) is 4.23. The predicted octanol–water partition coefficient (Wildman–Crippen LogP) is 2.60. The number of rotatable bonds is 7. The van der Waals surface area contributed by atoms with Gasteiger partial charge in [0.2, 0.25) is 5.95 Å². The quantitative estimate of drug-likeness (QED) is 0.741. The van der Waals surface area contributed by atoms with E-state index in [1.165, 1.54) is 0 Å². The first-order valence-electron chi connectivity index (χ1n) is 6.01. The molecule has 0 aliphatic heterocycles. The molecule has 1 heterocycles. The molecule has 0 aromatic carbocycles. The molecule has 0 saturated heterocycles. The second kappa shape index (κ2) is 5.87.